The standard InChI is InChI=1S/C17H26/c1-11-8-6-7-9-16(11)17-10-12(2)13(3)14(4)15(17)5/h10-11,16H,6-9H2,1-5H3/t11-,16?/m1/s1. The van der Waals surface area contributed by atoms with Crippen LogP contribution in [0.2, 0.25) is 0 Å². The van der Waals surface area contributed by atoms with Crippen molar-refractivity contribution in [1.82, 2.24) is 0 Å². The average molecular weight is 230 g/mol. The smallest absolute Gasteiger partial charge is 0.0133 e. The van der Waals surface area contributed by atoms with Crippen LogP contribution in [0, 0.1) is 33.6 Å². The first-order valence-corrected chi connectivity index (χ1v) is 7.09. The number of benzene rings is 1. The fraction of sp³-hybridized carbons (Fsp3) is 0.647. The van der Waals surface area contributed by atoms with Gasteiger partial charge < -0.3 is 0 Å². The molecule has 0 aliphatic heterocycles. The summed E-state index contributed by atoms with van der Waals surface area (Å²) in [6, 6.07) is 2.46. The van der Waals surface area contributed by atoms with Crippen molar-refractivity contribution in [3.63, 3.8) is 0 Å². The molecule has 1 aromatic rings. The van der Waals surface area contributed by atoms with Crippen molar-refractivity contribution in [3.8, 4) is 0 Å². The van der Waals surface area contributed by atoms with Gasteiger partial charge in [0.2, 0.25) is 0 Å². The molecule has 1 saturated carbocycles. The molecule has 94 valence electrons. The summed E-state index contributed by atoms with van der Waals surface area (Å²) in [7, 11) is 0. The maximum absolute atomic E-state index is 2.46. The van der Waals surface area contributed by atoms with Gasteiger partial charge in [0.05, 0.1) is 0 Å². The van der Waals surface area contributed by atoms with E-state index in [0.717, 1.165) is 11.8 Å². The summed E-state index contributed by atoms with van der Waals surface area (Å²) in [6.45, 7) is 11.6. The first kappa shape index (κ1) is 12.7. The van der Waals surface area contributed by atoms with Gasteiger partial charge in [-0.3, -0.25) is 0 Å². The van der Waals surface area contributed by atoms with Gasteiger partial charge in [-0.15, -0.1) is 0 Å². The zero-order valence-corrected chi connectivity index (χ0v) is 12.1. The van der Waals surface area contributed by atoms with Crippen LogP contribution in [0.15, 0.2) is 6.07 Å². The van der Waals surface area contributed by atoms with E-state index in [9.17, 15) is 0 Å². The Morgan fingerprint density at radius 3 is 2.18 bits per heavy atom. The second kappa shape index (κ2) is 4.84. The van der Waals surface area contributed by atoms with Gasteiger partial charge in [0.25, 0.3) is 0 Å². The van der Waals surface area contributed by atoms with E-state index in [2.05, 4.69) is 40.7 Å². The molecule has 1 fully saturated rings. The van der Waals surface area contributed by atoms with E-state index in [4.69, 9.17) is 0 Å². The van der Waals surface area contributed by atoms with Crippen LogP contribution >= 0.6 is 0 Å². The van der Waals surface area contributed by atoms with Gasteiger partial charge >= 0.3 is 0 Å². The summed E-state index contributed by atoms with van der Waals surface area (Å²) in [6.07, 6.45) is 5.65. The Bertz CT molecular complexity index is 415. The normalized spacial score (nSPS) is 25.0. The van der Waals surface area contributed by atoms with Crippen LogP contribution in [0.25, 0.3) is 0 Å². The monoisotopic (exact) mass is 230 g/mol. The minimum Gasteiger partial charge on any atom is -0.0619 e. The number of aryl methyl sites for hydroxylation is 1. The molecule has 0 nitrogen and oxygen atoms in total. The van der Waals surface area contributed by atoms with E-state index in [1.54, 1.807) is 11.1 Å². The van der Waals surface area contributed by atoms with Crippen LogP contribution in [0.5, 0.6) is 0 Å². The summed E-state index contributed by atoms with van der Waals surface area (Å²) < 4.78 is 0. The van der Waals surface area contributed by atoms with E-state index in [0.29, 0.717) is 0 Å². The molecule has 1 aliphatic carbocycles. The molecular formula is C17H26. The van der Waals surface area contributed by atoms with Gasteiger partial charge in [-0.2, -0.15) is 0 Å². The van der Waals surface area contributed by atoms with Crippen molar-refractivity contribution < 1.29 is 0 Å². The molecule has 0 amide bonds. The zero-order chi connectivity index (χ0) is 12.6. The van der Waals surface area contributed by atoms with Crippen molar-refractivity contribution in [3.05, 3.63) is 33.9 Å². The minimum atomic E-state index is 0.807. The topological polar surface area (TPSA) is 0 Å². The Kier molecular flexibility index (Phi) is 3.61. The molecule has 0 heteroatoms. The number of rotatable bonds is 1. The predicted molar refractivity (Wildman–Crippen MR) is 75.8 cm³/mol. The SMILES string of the molecule is Cc1cc(C2CCCC[C@H]2C)c(C)c(C)c1C. The highest BCUT2D eigenvalue weighted by atomic mass is 14.3. The van der Waals surface area contributed by atoms with Gasteiger partial charge in [-0.05, 0) is 73.8 Å². The molecule has 0 aromatic heterocycles. The van der Waals surface area contributed by atoms with Crippen molar-refractivity contribution in [2.24, 2.45) is 5.92 Å². The molecule has 1 aromatic carbocycles. The van der Waals surface area contributed by atoms with Crippen LogP contribution in [0.3, 0.4) is 0 Å². The van der Waals surface area contributed by atoms with Gasteiger partial charge in [0.1, 0.15) is 0 Å². The second-order valence-corrected chi connectivity index (χ2v) is 6.03. The number of hydrogen-bond acceptors (Lipinski definition) is 0. The van der Waals surface area contributed by atoms with Gasteiger partial charge in [-0.1, -0.05) is 32.3 Å². The maximum atomic E-state index is 2.46. The molecular weight excluding hydrogens is 204 g/mol. The van der Waals surface area contributed by atoms with Crippen LogP contribution in [0.4, 0.5) is 0 Å². The van der Waals surface area contributed by atoms with Gasteiger partial charge in [0.15, 0.2) is 0 Å². The molecule has 2 atom stereocenters. The molecule has 0 radical (unpaired) electrons. The van der Waals surface area contributed by atoms with Crippen molar-refractivity contribution >= 4 is 0 Å². The largest absolute Gasteiger partial charge is 0.0619 e. The molecule has 2 rings (SSSR count). The summed E-state index contributed by atoms with van der Waals surface area (Å²) in [5.74, 6) is 1.67. The Morgan fingerprint density at radius 1 is 0.882 bits per heavy atom. The lowest BCUT2D eigenvalue weighted by Crippen LogP contribution is -2.16. The molecule has 0 saturated heterocycles. The summed E-state index contributed by atoms with van der Waals surface area (Å²) in [5.41, 5.74) is 7.65. The van der Waals surface area contributed by atoms with E-state index < -0.39 is 0 Å². The Hall–Kier alpha value is -0.780. The highest BCUT2D eigenvalue weighted by molar-refractivity contribution is 5.45. The lowest BCUT2D eigenvalue weighted by molar-refractivity contribution is 0.329. The maximum Gasteiger partial charge on any atom is -0.0133 e. The quantitative estimate of drug-likeness (QED) is 0.621. The predicted octanol–water partition coefficient (Wildman–Crippen LogP) is 5.21. The molecule has 0 N–H and O–H groups in total. The summed E-state index contributed by atoms with van der Waals surface area (Å²) >= 11 is 0. The van der Waals surface area contributed by atoms with Crippen LogP contribution in [-0.4, -0.2) is 0 Å². The first-order valence-electron chi connectivity index (χ1n) is 7.09. The third kappa shape index (κ3) is 2.27. The van der Waals surface area contributed by atoms with E-state index >= 15 is 0 Å². The Balaban J connectivity index is 2.44. The van der Waals surface area contributed by atoms with Crippen LogP contribution in [0.1, 0.15) is 66.3 Å². The molecule has 0 heterocycles. The first-order chi connectivity index (χ1) is 8.02. The van der Waals surface area contributed by atoms with E-state index in [1.807, 2.05) is 0 Å². The molecule has 1 unspecified atom stereocenters. The molecule has 17 heavy (non-hydrogen) atoms. The van der Waals surface area contributed by atoms with Gasteiger partial charge in [-0.25, -0.2) is 0 Å². The van der Waals surface area contributed by atoms with E-state index in [-0.39, 0.29) is 0 Å². The van der Waals surface area contributed by atoms with Crippen LogP contribution < -0.4 is 0 Å². The van der Waals surface area contributed by atoms with Crippen molar-refractivity contribution in [1.29, 1.82) is 0 Å². The minimum absolute atomic E-state index is 0.807. The lowest BCUT2D eigenvalue weighted by Gasteiger charge is -2.31. The van der Waals surface area contributed by atoms with Crippen molar-refractivity contribution in [2.75, 3.05) is 0 Å². The Labute approximate surface area is 106 Å². The lowest BCUT2D eigenvalue weighted by atomic mass is 9.74. The zero-order valence-electron chi connectivity index (χ0n) is 12.1. The van der Waals surface area contributed by atoms with E-state index in [1.165, 1.54) is 42.4 Å². The highest BCUT2D eigenvalue weighted by Gasteiger charge is 2.25. The van der Waals surface area contributed by atoms with Crippen molar-refractivity contribution in [2.45, 2.75) is 66.2 Å². The summed E-state index contributed by atoms with van der Waals surface area (Å²) in [4.78, 5) is 0. The summed E-state index contributed by atoms with van der Waals surface area (Å²) in [5, 5.41) is 0. The fourth-order valence-corrected chi connectivity index (χ4v) is 3.41. The average Bonchev–Trinajstić information content (AvgIpc) is 2.32. The number of hydrogen-bond donors (Lipinski definition) is 0. The molecule has 0 spiro atoms. The second-order valence-electron chi connectivity index (χ2n) is 6.03. The fourth-order valence-electron chi connectivity index (χ4n) is 3.41. The Morgan fingerprint density at radius 2 is 1.53 bits per heavy atom. The molecule has 1 aliphatic rings. The third-order valence-electron chi connectivity index (χ3n) is 5.03. The third-order valence-corrected chi connectivity index (χ3v) is 5.03. The molecule has 0 bridgehead atoms. The van der Waals surface area contributed by atoms with Gasteiger partial charge in [0, 0.05) is 0 Å². The highest BCUT2D eigenvalue weighted by Crippen LogP contribution is 2.40. The van der Waals surface area contributed by atoms with Crippen LogP contribution in [-0.2, 0) is 0 Å².